The Kier molecular flexibility index (Phi) is 8.82. The fourth-order valence-corrected chi connectivity index (χ4v) is 2.87. The third-order valence-electron chi connectivity index (χ3n) is 2.96. The van der Waals surface area contributed by atoms with Crippen molar-refractivity contribution in [2.45, 2.75) is 76.6 Å². The molecular formula is C12H26O4S. The van der Waals surface area contributed by atoms with Crippen LogP contribution in [0.2, 0.25) is 0 Å². The first-order chi connectivity index (χ1) is 7.91. The lowest BCUT2D eigenvalue weighted by atomic mass is 10.0. The Morgan fingerprint density at radius 2 is 1.65 bits per heavy atom. The monoisotopic (exact) mass is 266 g/mol. The highest BCUT2D eigenvalue weighted by molar-refractivity contribution is 7.86. The molecule has 0 aromatic rings. The Balaban J connectivity index is 4.16. The van der Waals surface area contributed by atoms with Crippen molar-refractivity contribution in [3.05, 3.63) is 0 Å². The number of rotatable bonds is 10. The molecule has 4 nitrogen and oxygen atoms in total. The van der Waals surface area contributed by atoms with Crippen LogP contribution in [0.15, 0.2) is 0 Å². The van der Waals surface area contributed by atoms with E-state index in [-0.39, 0.29) is 6.42 Å². The van der Waals surface area contributed by atoms with Crippen LogP contribution in [0.25, 0.3) is 0 Å². The van der Waals surface area contributed by atoms with Crippen molar-refractivity contribution in [3.8, 4) is 0 Å². The quantitative estimate of drug-likeness (QED) is 0.471. The highest BCUT2D eigenvalue weighted by atomic mass is 32.2. The average Bonchev–Trinajstić information content (AvgIpc) is 2.21. The average molecular weight is 266 g/mol. The molecule has 0 aliphatic carbocycles. The van der Waals surface area contributed by atoms with Gasteiger partial charge in [0.2, 0.25) is 0 Å². The Hall–Kier alpha value is -0.130. The van der Waals surface area contributed by atoms with Gasteiger partial charge in [0.15, 0.2) is 0 Å². The smallest absolute Gasteiger partial charge is 0.267 e. The van der Waals surface area contributed by atoms with Crippen LogP contribution in [0.5, 0.6) is 0 Å². The highest BCUT2D eigenvalue weighted by Crippen LogP contribution is 2.18. The zero-order valence-corrected chi connectivity index (χ0v) is 11.7. The van der Waals surface area contributed by atoms with Gasteiger partial charge in [-0.25, -0.2) is 0 Å². The van der Waals surface area contributed by atoms with Crippen molar-refractivity contribution >= 4 is 10.1 Å². The van der Waals surface area contributed by atoms with Gasteiger partial charge >= 0.3 is 0 Å². The van der Waals surface area contributed by atoms with Gasteiger partial charge in [-0.1, -0.05) is 46.0 Å². The summed E-state index contributed by atoms with van der Waals surface area (Å²) in [6.45, 7) is 4.03. The van der Waals surface area contributed by atoms with Crippen molar-refractivity contribution in [2.75, 3.05) is 0 Å². The van der Waals surface area contributed by atoms with E-state index in [1.165, 1.54) is 0 Å². The molecule has 0 saturated heterocycles. The number of aliphatic hydroxyl groups is 1. The van der Waals surface area contributed by atoms with Gasteiger partial charge in [0.05, 0.1) is 11.4 Å². The SMILES string of the molecule is CCCCCCC(CC(O)CCC)S(=O)(=O)O. The molecule has 0 amide bonds. The molecule has 0 aliphatic rings. The maximum atomic E-state index is 11.2. The van der Waals surface area contributed by atoms with Crippen LogP contribution in [0.4, 0.5) is 0 Å². The molecule has 0 saturated carbocycles. The first-order valence-electron chi connectivity index (χ1n) is 6.56. The Morgan fingerprint density at radius 1 is 1.00 bits per heavy atom. The van der Waals surface area contributed by atoms with Gasteiger partial charge in [-0.3, -0.25) is 4.55 Å². The molecule has 0 aromatic heterocycles. The Morgan fingerprint density at radius 3 is 2.12 bits per heavy atom. The summed E-state index contributed by atoms with van der Waals surface area (Å²) in [6, 6.07) is 0. The van der Waals surface area contributed by atoms with E-state index in [4.69, 9.17) is 4.55 Å². The van der Waals surface area contributed by atoms with Gasteiger partial charge in [-0.15, -0.1) is 0 Å². The predicted octanol–water partition coefficient (Wildman–Crippen LogP) is 2.76. The molecule has 0 aliphatic heterocycles. The fraction of sp³-hybridized carbons (Fsp3) is 1.00. The molecule has 0 aromatic carbocycles. The van der Waals surface area contributed by atoms with Gasteiger partial charge in [0, 0.05) is 0 Å². The van der Waals surface area contributed by atoms with Crippen LogP contribution in [-0.4, -0.2) is 29.4 Å². The second-order valence-electron chi connectivity index (χ2n) is 4.66. The predicted molar refractivity (Wildman–Crippen MR) is 69.6 cm³/mol. The van der Waals surface area contributed by atoms with E-state index < -0.39 is 21.5 Å². The van der Waals surface area contributed by atoms with Gasteiger partial charge in [0.1, 0.15) is 0 Å². The third kappa shape index (κ3) is 8.57. The Labute approximate surface area is 105 Å². The third-order valence-corrected chi connectivity index (χ3v) is 4.23. The van der Waals surface area contributed by atoms with Crippen LogP contribution < -0.4 is 0 Å². The van der Waals surface area contributed by atoms with Crippen LogP contribution in [-0.2, 0) is 10.1 Å². The summed E-state index contributed by atoms with van der Waals surface area (Å²) in [4.78, 5) is 0. The van der Waals surface area contributed by atoms with E-state index in [1.54, 1.807) is 0 Å². The van der Waals surface area contributed by atoms with Crippen LogP contribution in [0, 0.1) is 0 Å². The molecule has 2 N–H and O–H groups in total. The largest absolute Gasteiger partial charge is 0.393 e. The molecule has 2 atom stereocenters. The first kappa shape index (κ1) is 16.9. The second-order valence-corrected chi connectivity index (χ2v) is 6.36. The second kappa shape index (κ2) is 8.89. The summed E-state index contributed by atoms with van der Waals surface area (Å²) in [5.41, 5.74) is 0. The van der Waals surface area contributed by atoms with E-state index in [1.807, 2.05) is 6.92 Å². The maximum Gasteiger partial charge on any atom is 0.267 e. The van der Waals surface area contributed by atoms with Crippen LogP contribution in [0.3, 0.4) is 0 Å². The standard InChI is InChI=1S/C12H26O4S/c1-3-5-6-7-9-12(17(14,15)16)10-11(13)8-4-2/h11-13H,3-10H2,1-2H3,(H,14,15,16). The van der Waals surface area contributed by atoms with Crippen molar-refractivity contribution in [2.24, 2.45) is 0 Å². The molecule has 0 rings (SSSR count). The minimum atomic E-state index is -4.03. The van der Waals surface area contributed by atoms with Crippen molar-refractivity contribution < 1.29 is 18.1 Å². The topological polar surface area (TPSA) is 74.6 Å². The molecular weight excluding hydrogens is 240 g/mol. The summed E-state index contributed by atoms with van der Waals surface area (Å²) in [5.74, 6) is 0. The zero-order chi connectivity index (χ0) is 13.3. The zero-order valence-electron chi connectivity index (χ0n) is 10.9. The molecule has 5 heteroatoms. The lowest BCUT2D eigenvalue weighted by Gasteiger charge is -2.17. The maximum absolute atomic E-state index is 11.2. The molecule has 17 heavy (non-hydrogen) atoms. The van der Waals surface area contributed by atoms with Gasteiger partial charge in [-0.05, 0) is 19.3 Å². The van der Waals surface area contributed by atoms with E-state index in [9.17, 15) is 13.5 Å². The summed E-state index contributed by atoms with van der Waals surface area (Å²) in [5, 5.41) is 8.81. The van der Waals surface area contributed by atoms with E-state index in [2.05, 4.69) is 6.92 Å². The summed E-state index contributed by atoms with van der Waals surface area (Å²) >= 11 is 0. The van der Waals surface area contributed by atoms with Crippen LogP contribution >= 0.6 is 0 Å². The first-order valence-corrected chi connectivity index (χ1v) is 8.06. The summed E-state index contributed by atoms with van der Waals surface area (Å²) in [6.07, 6.45) is 5.31. The fourth-order valence-electron chi connectivity index (χ4n) is 1.94. The number of unbranched alkanes of at least 4 members (excludes halogenated alkanes) is 3. The molecule has 2 unspecified atom stereocenters. The number of hydrogen-bond donors (Lipinski definition) is 2. The minimum absolute atomic E-state index is 0.152. The minimum Gasteiger partial charge on any atom is -0.393 e. The highest BCUT2D eigenvalue weighted by Gasteiger charge is 2.25. The summed E-state index contributed by atoms with van der Waals surface area (Å²) < 4.78 is 31.5. The Bertz CT molecular complexity index is 274. The van der Waals surface area contributed by atoms with Gasteiger partial charge in [-0.2, -0.15) is 8.42 Å². The molecule has 0 bridgehead atoms. The van der Waals surface area contributed by atoms with Crippen molar-refractivity contribution in [1.29, 1.82) is 0 Å². The van der Waals surface area contributed by atoms with E-state index in [0.717, 1.165) is 32.1 Å². The van der Waals surface area contributed by atoms with Crippen molar-refractivity contribution in [3.63, 3.8) is 0 Å². The summed E-state index contributed by atoms with van der Waals surface area (Å²) in [7, 11) is -4.03. The molecule has 0 heterocycles. The normalized spacial score (nSPS) is 15.8. The lowest BCUT2D eigenvalue weighted by Crippen LogP contribution is -2.26. The number of aliphatic hydroxyl groups excluding tert-OH is 1. The molecule has 0 spiro atoms. The van der Waals surface area contributed by atoms with E-state index in [0.29, 0.717) is 12.8 Å². The van der Waals surface area contributed by atoms with Gasteiger partial charge in [0.25, 0.3) is 10.1 Å². The molecule has 0 fully saturated rings. The van der Waals surface area contributed by atoms with Crippen LogP contribution in [0.1, 0.15) is 65.2 Å². The lowest BCUT2D eigenvalue weighted by molar-refractivity contribution is 0.149. The number of hydrogen-bond acceptors (Lipinski definition) is 3. The van der Waals surface area contributed by atoms with Crippen molar-refractivity contribution in [1.82, 2.24) is 0 Å². The van der Waals surface area contributed by atoms with Gasteiger partial charge < -0.3 is 5.11 Å². The molecule has 0 radical (unpaired) electrons. The molecule has 104 valence electrons. The van der Waals surface area contributed by atoms with E-state index >= 15 is 0 Å².